The van der Waals surface area contributed by atoms with Crippen LogP contribution in [0.25, 0.3) is 11.0 Å². The Labute approximate surface area is 126 Å². The van der Waals surface area contributed by atoms with Gasteiger partial charge < -0.3 is 14.3 Å². The van der Waals surface area contributed by atoms with Crippen LogP contribution in [0, 0.1) is 0 Å². The number of imidazole rings is 1. The van der Waals surface area contributed by atoms with E-state index in [4.69, 9.17) is 4.42 Å². The lowest BCUT2D eigenvalue weighted by atomic mass is 10.2. The molecule has 22 heavy (non-hydrogen) atoms. The van der Waals surface area contributed by atoms with Crippen LogP contribution in [0.15, 0.2) is 58.3 Å². The number of carbonyl (C=O) groups is 1. The smallest absolute Gasteiger partial charge is 0.287 e. The number of hydrogen-bond donors (Lipinski definition) is 1. The Hall–Kier alpha value is -2.89. The predicted molar refractivity (Wildman–Crippen MR) is 81.7 cm³/mol. The van der Waals surface area contributed by atoms with Gasteiger partial charge in [0, 0.05) is 31.5 Å². The SMILES string of the molecule is O=C(NCCCn1ccnc1)c1cc(=O)c2ccccc2o1. The van der Waals surface area contributed by atoms with Crippen LogP contribution in [0.5, 0.6) is 0 Å². The van der Waals surface area contributed by atoms with Crippen molar-refractivity contribution in [3.63, 3.8) is 0 Å². The minimum Gasteiger partial charge on any atom is -0.451 e. The number of hydrogen-bond acceptors (Lipinski definition) is 4. The number of para-hydroxylation sites is 1. The van der Waals surface area contributed by atoms with E-state index >= 15 is 0 Å². The summed E-state index contributed by atoms with van der Waals surface area (Å²) in [7, 11) is 0. The third-order valence-electron chi connectivity index (χ3n) is 3.30. The average Bonchev–Trinajstić information content (AvgIpc) is 3.04. The lowest BCUT2D eigenvalue weighted by molar-refractivity contribution is 0.0925. The van der Waals surface area contributed by atoms with Crippen LogP contribution in [0.3, 0.4) is 0 Å². The van der Waals surface area contributed by atoms with Crippen molar-refractivity contribution in [3.05, 3.63) is 65.0 Å². The monoisotopic (exact) mass is 297 g/mol. The molecule has 1 amide bonds. The molecule has 0 unspecified atom stereocenters. The Morgan fingerprint density at radius 3 is 3.00 bits per heavy atom. The van der Waals surface area contributed by atoms with E-state index in [2.05, 4.69) is 10.3 Å². The molecule has 6 nitrogen and oxygen atoms in total. The second kappa shape index (κ2) is 6.26. The van der Waals surface area contributed by atoms with Crippen LogP contribution in [-0.4, -0.2) is 22.0 Å². The maximum atomic E-state index is 12.0. The Morgan fingerprint density at radius 1 is 1.32 bits per heavy atom. The predicted octanol–water partition coefficient (Wildman–Crippen LogP) is 1.81. The molecular formula is C16H15N3O3. The van der Waals surface area contributed by atoms with Gasteiger partial charge in [0.25, 0.3) is 5.91 Å². The van der Waals surface area contributed by atoms with Crippen LogP contribution < -0.4 is 10.7 Å². The number of aromatic nitrogens is 2. The molecule has 3 aromatic rings. The van der Waals surface area contributed by atoms with Crippen molar-refractivity contribution >= 4 is 16.9 Å². The second-order valence-electron chi connectivity index (χ2n) is 4.88. The van der Waals surface area contributed by atoms with Gasteiger partial charge in [-0.05, 0) is 18.6 Å². The van der Waals surface area contributed by atoms with E-state index in [1.54, 1.807) is 36.8 Å². The maximum Gasteiger partial charge on any atom is 0.287 e. The normalized spacial score (nSPS) is 10.7. The molecule has 0 atom stereocenters. The molecule has 0 aliphatic heterocycles. The Balaban J connectivity index is 1.63. The summed E-state index contributed by atoms with van der Waals surface area (Å²) < 4.78 is 7.41. The molecule has 0 radical (unpaired) electrons. The summed E-state index contributed by atoms with van der Waals surface area (Å²) in [5, 5.41) is 3.22. The van der Waals surface area contributed by atoms with Gasteiger partial charge in [-0.25, -0.2) is 4.98 Å². The van der Waals surface area contributed by atoms with Crippen molar-refractivity contribution < 1.29 is 9.21 Å². The highest BCUT2D eigenvalue weighted by Gasteiger charge is 2.11. The Kier molecular flexibility index (Phi) is 4.00. The number of carbonyl (C=O) groups excluding carboxylic acids is 1. The van der Waals surface area contributed by atoms with Crippen molar-refractivity contribution in [2.24, 2.45) is 0 Å². The van der Waals surface area contributed by atoms with Crippen molar-refractivity contribution in [1.82, 2.24) is 14.9 Å². The summed E-state index contributed by atoms with van der Waals surface area (Å²) in [4.78, 5) is 27.9. The van der Waals surface area contributed by atoms with Crippen molar-refractivity contribution in [2.75, 3.05) is 6.54 Å². The van der Waals surface area contributed by atoms with Crippen LogP contribution in [0.1, 0.15) is 17.0 Å². The van der Waals surface area contributed by atoms with E-state index in [0.29, 0.717) is 17.5 Å². The molecule has 1 N–H and O–H groups in total. The summed E-state index contributed by atoms with van der Waals surface area (Å²) in [6.07, 6.45) is 6.07. The number of nitrogens with zero attached hydrogens (tertiary/aromatic N) is 2. The first-order valence-corrected chi connectivity index (χ1v) is 7.01. The first-order valence-electron chi connectivity index (χ1n) is 7.01. The van der Waals surface area contributed by atoms with Crippen LogP contribution in [0.4, 0.5) is 0 Å². The summed E-state index contributed by atoms with van der Waals surface area (Å²) in [5.74, 6) is -0.347. The molecule has 0 bridgehead atoms. The third-order valence-corrected chi connectivity index (χ3v) is 3.30. The van der Waals surface area contributed by atoms with E-state index < -0.39 is 0 Å². The zero-order chi connectivity index (χ0) is 15.4. The fourth-order valence-electron chi connectivity index (χ4n) is 2.19. The highest BCUT2D eigenvalue weighted by Crippen LogP contribution is 2.11. The van der Waals surface area contributed by atoms with Gasteiger partial charge in [0.15, 0.2) is 11.2 Å². The fourth-order valence-corrected chi connectivity index (χ4v) is 2.19. The minimum absolute atomic E-state index is 0.0336. The molecule has 0 aliphatic rings. The molecule has 2 heterocycles. The molecule has 3 rings (SSSR count). The molecule has 0 aliphatic carbocycles. The van der Waals surface area contributed by atoms with Crippen molar-refractivity contribution in [2.45, 2.75) is 13.0 Å². The fraction of sp³-hybridized carbons (Fsp3) is 0.188. The van der Waals surface area contributed by atoms with E-state index in [0.717, 1.165) is 13.0 Å². The molecule has 0 saturated carbocycles. The highest BCUT2D eigenvalue weighted by molar-refractivity contribution is 5.93. The second-order valence-corrected chi connectivity index (χ2v) is 4.88. The van der Waals surface area contributed by atoms with E-state index in [-0.39, 0.29) is 17.1 Å². The van der Waals surface area contributed by atoms with E-state index in [1.807, 2.05) is 10.8 Å². The van der Waals surface area contributed by atoms with Crippen LogP contribution in [0.2, 0.25) is 0 Å². The van der Waals surface area contributed by atoms with Gasteiger partial charge in [0.2, 0.25) is 0 Å². The summed E-state index contributed by atoms with van der Waals surface area (Å²) in [6, 6.07) is 8.10. The first kappa shape index (κ1) is 14.1. The van der Waals surface area contributed by atoms with Gasteiger partial charge in [-0.2, -0.15) is 0 Å². The molecule has 112 valence electrons. The zero-order valence-electron chi connectivity index (χ0n) is 11.9. The number of benzene rings is 1. The average molecular weight is 297 g/mol. The first-order chi connectivity index (χ1) is 10.7. The van der Waals surface area contributed by atoms with Gasteiger partial charge in [-0.3, -0.25) is 9.59 Å². The van der Waals surface area contributed by atoms with Gasteiger partial charge in [-0.1, -0.05) is 12.1 Å². The number of amides is 1. The molecule has 0 spiro atoms. The van der Waals surface area contributed by atoms with Gasteiger partial charge in [0.1, 0.15) is 5.58 Å². The lowest BCUT2D eigenvalue weighted by Gasteiger charge is -2.06. The molecule has 0 fully saturated rings. The summed E-state index contributed by atoms with van der Waals surface area (Å²) >= 11 is 0. The van der Waals surface area contributed by atoms with Crippen LogP contribution >= 0.6 is 0 Å². The standard InChI is InChI=1S/C16H15N3O3/c20-13-10-15(22-14-5-2-1-4-12(13)14)16(21)18-6-3-8-19-9-7-17-11-19/h1-2,4-5,7,9-11H,3,6,8H2,(H,18,21). The Morgan fingerprint density at radius 2 is 2.18 bits per heavy atom. The maximum absolute atomic E-state index is 12.0. The molecule has 1 aromatic carbocycles. The number of nitrogens with one attached hydrogen (secondary N) is 1. The largest absolute Gasteiger partial charge is 0.451 e. The number of rotatable bonds is 5. The topological polar surface area (TPSA) is 77.1 Å². The van der Waals surface area contributed by atoms with Gasteiger partial charge >= 0.3 is 0 Å². The van der Waals surface area contributed by atoms with Gasteiger partial charge in [0.05, 0.1) is 11.7 Å². The highest BCUT2D eigenvalue weighted by atomic mass is 16.3. The summed E-state index contributed by atoms with van der Waals surface area (Å²) in [5.41, 5.74) is 0.198. The number of fused-ring (bicyclic) bond motifs is 1. The lowest BCUT2D eigenvalue weighted by Crippen LogP contribution is -2.26. The van der Waals surface area contributed by atoms with E-state index in [1.165, 1.54) is 6.07 Å². The quantitative estimate of drug-likeness (QED) is 0.729. The van der Waals surface area contributed by atoms with Crippen LogP contribution in [-0.2, 0) is 6.54 Å². The number of aryl methyl sites for hydroxylation is 1. The molecule has 6 heteroatoms. The Bertz CT molecular complexity index is 837. The minimum atomic E-state index is -0.381. The van der Waals surface area contributed by atoms with E-state index in [9.17, 15) is 9.59 Å². The molecule has 2 aromatic heterocycles. The van der Waals surface area contributed by atoms with Gasteiger partial charge in [-0.15, -0.1) is 0 Å². The van der Waals surface area contributed by atoms with Crippen molar-refractivity contribution in [1.29, 1.82) is 0 Å². The molecular weight excluding hydrogens is 282 g/mol. The third kappa shape index (κ3) is 3.06. The molecule has 0 saturated heterocycles. The summed E-state index contributed by atoms with van der Waals surface area (Å²) in [6.45, 7) is 1.26. The zero-order valence-corrected chi connectivity index (χ0v) is 11.9. The van der Waals surface area contributed by atoms with Crippen molar-refractivity contribution in [3.8, 4) is 0 Å².